The average Bonchev–Trinajstić information content (AvgIpc) is 1.57. The normalized spacial score (nSPS) is 13.6. The molecule has 0 aromatic heterocycles. The number of rotatable bonds is 73. The molecule has 2 unspecified atom stereocenters. The molecule has 0 heterocycles. The number of allylic oxidation sites excluding steroid dienone is 18. The van der Waals surface area contributed by atoms with Crippen molar-refractivity contribution < 1.29 is 42.1 Å². The first-order chi connectivity index (χ1) is 46.0. The molecule has 544 valence electrons. The van der Waals surface area contributed by atoms with E-state index >= 15 is 0 Å². The summed E-state index contributed by atoms with van der Waals surface area (Å²) >= 11 is 0. The van der Waals surface area contributed by atoms with Gasteiger partial charge in [0.1, 0.15) is 19.8 Å². The molecule has 2 atom stereocenters. The second-order valence-corrected chi connectivity index (χ2v) is 29.1. The molecule has 0 saturated heterocycles. The van der Waals surface area contributed by atoms with E-state index in [0.29, 0.717) is 17.4 Å². The summed E-state index contributed by atoms with van der Waals surface area (Å²) in [4.78, 5) is 36.0. The van der Waals surface area contributed by atoms with E-state index in [1.54, 1.807) is 0 Å². The van der Waals surface area contributed by atoms with Crippen molar-refractivity contribution in [2.45, 2.75) is 367 Å². The van der Waals surface area contributed by atoms with Gasteiger partial charge in [-0.1, -0.05) is 361 Å². The van der Waals surface area contributed by atoms with Crippen molar-refractivity contribution in [3.8, 4) is 0 Å². The summed E-state index contributed by atoms with van der Waals surface area (Å²) in [6.07, 6.45) is 105. The lowest BCUT2D eigenvalue weighted by atomic mass is 10.0. The number of quaternary nitrogens is 1. The topological polar surface area (TPSA) is 108 Å². The van der Waals surface area contributed by atoms with E-state index in [2.05, 4.69) is 123 Å². The van der Waals surface area contributed by atoms with Crippen LogP contribution in [-0.2, 0) is 32.7 Å². The Balaban J connectivity index is 3.92. The van der Waals surface area contributed by atoms with E-state index in [1.165, 1.54) is 238 Å². The van der Waals surface area contributed by atoms with Crippen LogP contribution >= 0.6 is 7.82 Å². The van der Waals surface area contributed by atoms with Crippen LogP contribution in [0.5, 0.6) is 0 Å². The zero-order valence-corrected chi connectivity index (χ0v) is 63.1. The predicted molar refractivity (Wildman–Crippen MR) is 408 cm³/mol. The van der Waals surface area contributed by atoms with Crippen LogP contribution in [0.1, 0.15) is 361 Å². The Kier molecular flexibility index (Phi) is 71.3. The molecular formula is C84H151NO8P+. The Morgan fingerprint density at radius 3 is 0.851 bits per heavy atom. The largest absolute Gasteiger partial charge is 0.472 e. The van der Waals surface area contributed by atoms with Gasteiger partial charge in [-0.2, -0.15) is 0 Å². The SMILES string of the molecule is CC/C=C\C/C=C\C/C=C\C/C=C\C/C=C\CCCCCCCCCCCCCCCCCCCCCCCCCCCC(=O)OC(COC(=O)CCCCCCCCCCCCCCCCCC/C=C\C/C=C\C/C=C\C/C=C\CC)COP(=O)(O)OCC[N+](C)(C)C. The molecule has 10 heteroatoms. The van der Waals surface area contributed by atoms with Gasteiger partial charge in [0, 0.05) is 12.8 Å². The summed E-state index contributed by atoms with van der Waals surface area (Å²) < 4.78 is 34.8. The van der Waals surface area contributed by atoms with Gasteiger partial charge in [0.15, 0.2) is 6.10 Å². The molecule has 0 radical (unpaired) electrons. The van der Waals surface area contributed by atoms with Crippen LogP contribution in [0.25, 0.3) is 0 Å². The highest BCUT2D eigenvalue weighted by Gasteiger charge is 2.27. The Morgan fingerprint density at radius 1 is 0.330 bits per heavy atom. The summed E-state index contributed by atoms with van der Waals surface area (Å²) in [6, 6.07) is 0. The molecule has 0 aliphatic heterocycles. The summed E-state index contributed by atoms with van der Waals surface area (Å²) in [5.74, 6) is -0.782. The van der Waals surface area contributed by atoms with Crippen molar-refractivity contribution in [2.75, 3.05) is 47.5 Å². The van der Waals surface area contributed by atoms with Crippen LogP contribution < -0.4 is 0 Å². The van der Waals surface area contributed by atoms with Crippen molar-refractivity contribution in [3.05, 3.63) is 109 Å². The van der Waals surface area contributed by atoms with Crippen LogP contribution in [0.2, 0.25) is 0 Å². The molecule has 0 aliphatic rings. The molecule has 0 rings (SSSR count). The molecule has 0 aromatic rings. The molecular weight excluding hydrogens is 1180 g/mol. The molecule has 0 spiro atoms. The highest BCUT2D eigenvalue weighted by Crippen LogP contribution is 2.43. The number of hydrogen-bond acceptors (Lipinski definition) is 7. The first-order valence-corrected chi connectivity index (χ1v) is 41.1. The van der Waals surface area contributed by atoms with E-state index in [1.807, 2.05) is 21.1 Å². The highest BCUT2D eigenvalue weighted by molar-refractivity contribution is 7.47. The van der Waals surface area contributed by atoms with Crippen LogP contribution in [-0.4, -0.2) is 74.9 Å². The van der Waals surface area contributed by atoms with E-state index < -0.39 is 26.5 Å². The first-order valence-electron chi connectivity index (χ1n) is 39.6. The number of ether oxygens (including phenoxy) is 2. The third kappa shape index (κ3) is 77.7. The number of hydrogen-bond donors (Lipinski definition) is 1. The number of carbonyl (C=O) groups is 2. The Hall–Kier alpha value is -3.33. The van der Waals surface area contributed by atoms with E-state index in [4.69, 9.17) is 18.5 Å². The maximum Gasteiger partial charge on any atom is 0.472 e. The van der Waals surface area contributed by atoms with Crippen LogP contribution in [0.4, 0.5) is 0 Å². The first kappa shape index (κ1) is 90.7. The summed E-state index contributed by atoms with van der Waals surface area (Å²) in [7, 11) is 1.49. The quantitative estimate of drug-likeness (QED) is 0.0211. The second-order valence-electron chi connectivity index (χ2n) is 27.7. The van der Waals surface area contributed by atoms with Crippen molar-refractivity contribution in [1.29, 1.82) is 0 Å². The van der Waals surface area contributed by atoms with E-state index in [0.717, 1.165) is 89.9 Å². The van der Waals surface area contributed by atoms with Gasteiger partial charge in [0.2, 0.25) is 0 Å². The van der Waals surface area contributed by atoms with Gasteiger partial charge in [-0.05, 0) is 96.3 Å². The number of phosphoric acid groups is 1. The third-order valence-electron chi connectivity index (χ3n) is 17.3. The minimum absolute atomic E-state index is 0.0313. The molecule has 0 amide bonds. The van der Waals surface area contributed by atoms with Crippen LogP contribution in [0, 0.1) is 0 Å². The second kappa shape index (κ2) is 73.9. The Labute approximate surface area is 582 Å². The van der Waals surface area contributed by atoms with Gasteiger partial charge < -0.3 is 18.9 Å². The van der Waals surface area contributed by atoms with Crippen LogP contribution in [0.3, 0.4) is 0 Å². The summed E-state index contributed by atoms with van der Waals surface area (Å²) in [5.41, 5.74) is 0. The Bertz CT molecular complexity index is 1960. The molecule has 0 fully saturated rings. The van der Waals surface area contributed by atoms with Gasteiger partial charge in [0.05, 0.1) is 27.7 Å². The van der Waals surface area contributed by atoms with E-state index in [9.17, 15) is 19.0 Å². The van der Waals surface area contributed by atoms with Gasteiger partial charge in [0.25, 0.3) is 0 Å². The number of phosphoric ester groups is 1. The maximum atomic E-state index is 12.9. The number of unbranched alkanes of at least 4 members (excludes halogenated alkanes) is 41. The van der Waals surface area contributed by atoms with Gasteiger partial charge in [-0.15, -0.1) is 0 Å². The molecule has 0 aliphatic carbocycles. The van der Waals surface area contributed by atoms with Crippen molar-refractivity contribution in [2.24, 2.45) is 0 Å². The van der Waals surface area contributed by atoms with E-state index in [-0.39, 0.29) is 32.0 Å². The average molecular weight is 1330 g/mol. The standard InChI is InChI=1S/C84H150NO8P/c1-6-8-10-12-14-16-18-20-22-24-26-28-30-32-34-36-37-38-39-40-41-42-43-44-45-46-47-49-51-53-55-57-59-61-63-65-67-69-71-73-75-77-84(87)93-82(81-92-94(88,89)91-79-78-85(3,4)5)80-90-83(86)76-74-72-70-68-66-64-62-60-58-56-54-52-50-48-35-33-31-29-27-25-23-21-19-17-15-13-11-9-7-2/h8-11,14-17,20-23,26-29,32,34,82H,6-7,12-13,18-19,24-25,30-31,33,35-81H2,1-5H3/p+1/b10-8-,11-9-,16-14-,17-15-,22-20-,23-21-,28-26-,29-27-,34-32-. The molecule has 0 aromatic carbocycles. The third-order valence-corrected chi connectivity index (χ3v) is 18.3. The lowest BCUT2D eigenvalue weighted by molar-refractivity contribution is -0.870. The highest BCUT2D eigenvalue weighted by atomic mass is 31.2. The maximum absolute atomic E-state index is 12.9. The fourth-order valence-electron chi connectivity index (χ4n) is 11.3. The number of esters is 2. The fourth-order valence-corrected chi connectivity index (χ4v) is 12.1. The predicted octanol–water partition coefficient (Wildman–Crippen LogP) is 26.4. The van der Waals surface area contributed by atoms with Gasteiger partial charge in [-0.25, -0.2) is 4.57 Å². The monoisotopic (exact) mass is 1330 g/mol. The molecule has 9 nitrogen and oxygen atoms in total. The fraction of sp³-hybridized carbons (Fsp3) is 0.762. The number of likely N-dealkylation sites (N-methyl/N-ethyl adjacent to an activating group) is 1. The smallest absolute Gasteiger partial charge is 0.462 e. The molecule has 1 N–H and O–H groups in total. The van der Waals surface area contributed by atoms with Crippen molar-refractivity contribution in [3.63, 3.8) is 0 Å². The molecule has 0 bridgehead atoms. The molecule has 94 heavy (non-hydrogen) atoms. The number of carbonyl (C=O) groups excluding carboxylic acids is 2. The zero-order chi connectivity index (χ0) is 68.3. The minimum Gasteiger partial charge on any atom is -0.462 e. The molecule has 0 saturated carbocycles. The summed E-state index contributed by atoms with van der Waals surface area (Å²) in [5, 5.41) is 0. The van der Waals surface area contributed by atoms with Crippen molar-refractivity contribution >= 4 is 19.8 Å². The van der Waals surface area contributed by atoms with Gasteiger partial charge >= 0.3 is 19.8 Å². The summed E-state index contributed by atoms with van der Waals surface area (Å²) in [6.45, 7) is 4.25. The Morgan fingerprint density at radius 2 is 0.574 bits per heavy atom. The van der Waals surface area contributed by atoms with Gasteiger partial charge in [-0.3, -0.25) is 18.6 Å². The van der Waals surface area contributed by atoms with Crippen LogP contribution in [0.15, 0.2) is 109 Å². The number of nitrogens with zero attached hydrogens (tertiary/aromatic N) is 1. The van der Waals surface area contributed by atoms with Crippen molar-refractivity contribution in [1.82, 2.24) is 0 Å². The zero-order valence-electron chi connectivity index (χ0n) is 62.2. The minimum atomic E-state index is -4.40. The lowest BCUT2D eigenvalue weighted by Crippen LogP contribution is -2.37. The lowest BCUT2D eigenvalue weighted by Gasteiger charge is -2.24.